The maximum absolute atomic E-state index is 13.6. The standard InChI is InChI=1S/C40H39ClN4O6/c1-48-34-22-27-18-20-45(24-29(27)23-35(34)49-2)19-17-25-9-13-30(14-10-25)42-38(46)26-11-15-31(16-12-26)43-39(47)36(40(50-3)51-4)32-21-28-7-5-6-8-33(28)44-37(32)41/h5-16,21-23H,17-20,24H2,1-4H3,(H,42,46)(H,43,47). The topological polar surface area (TPSA) is 111 Å². The monoisotopic (exact) mass is 706 g/mol. The summed E-state index contributed by atoms with van der Waals surface area (Å²) in [5.74, 6) is 0.718. The Hall–Kier alpha value is -5.58. The van der Waals surface area contributed by atoms with Crippen LogP contribution in [0.3, 0.4) is 0 Å². The van der Waals surface area contributed by atoms with Gasteiger partial charge in [-0.15, -0.1) is 0 Å². The Morgan fingerprint density at radius 2 is 1.45 bits per heavy atom. The van der Waals surface area contributed by atoms with Gasteiger partial charge in [0.2, 0.25) is 0 Å². The fourth-order valence-electron chi connectivity index (χ4n) is 6.16. The van der Waals surface area contributed by atoms with Gasteiger partial charge in [0.05, 0.1) is 34.0 Å². The van der Waals surface area contributed by atoms with Crippen LogP contribution in [-0.4, -0.2) is 63.2 Å². The van der Waals surface area contributed by atoms with Crippen molar-refractivity contribution < 1.29 is 28.5 Å². The molecular weight excluding hydrogens is 668 g/mol. The predicted molar refractivity (Wildman–Crippen MR) is 199 cm³/mol. The van der Waals surface area contributed by atoms with Gasteiger partial charge in [0.15, 0.2) is 11.5 Å². The van der Waals surface area contributed by atoms with Crippen molar-refractivity contribution >= 4 is 51.3 Å². The van der Waals surface area contributed by atoms with Crippen LogP contribution in [0, 0.1) is 0 Å². The molecule has 0 saturated carbocycles. The van der Waals surface area contributed by atoms with Crippen LogP contribution in [-0.2, 0) is 33.7 Å². The van der Waals surface area contributed by atoms with Crippen LogP contribution in [0.15, 0.2) is 96.9 Å². The number of pyridine rings is 1. The first-order chi connectivity index (χ1) is 24.8. The maximum Gasteiger partial charge on any atom is 0.292 e. The minimum atomic E-state index is -0.518. The van der Waals surface area contributed by atoms with E-state index in [1.165, 1.54) is 30.9 Å². The molecule has 0 fully saturated rings. The Morgan fingerprint density at radius 1 is 0.804 bits per heavy atom. The molecule has 262 valence electrons. The Kier molecular flexibility index (Phi) is 11.0. The van der Waals surface area contributed by atoms with Crippen molar-refractivity contribution in [2.24, 2.45) is 0 Å². The van der Waals surface area contributed by atoms with Gasteiger partial charge in [-0.1, -0.05) is 41.9 Å². The molecule has 2 amide bonds. The zero-order valence-electron chi connectivity index (χ0n) is 28.9. The molecule has 0 unspecified atom stereocenters. The lowest BCUT2D eigenvalue weighted by molar-refractivity contribution is -0.111. The lowest BCUT2D eigenvalue weighted by Gasteiger charge is -2.29. The molecule has 0 radical (unpaired) electrons. The van der Waals surface area contributed by atoms with Crippen molar-refractivity contribution in [3.05, 3.63) is 130 Å². The number of anilines is 2. The molecule has 0 bridgehead atoms. The SMILES string of the molecule is COC(OC)=C(C(=O)Nc1ccc(C(=O)Nc2ccc(CCN3CCc4cc(OC)c(OC)cc4C3)cc2)cc1)c1cc2ccccc2nc1Cl. The van der Waals surface area contributed by atoms with Gasteiger partial charge in [0.1, 0.15) is 10.7 Å². The number of fused-ring (bicyclic) bond motifs is 2. The van der Waals surface area contributed by atoms with Crippen LogP contribution in [0.25, 0.3) is 16.5 Å². The minimum Gasteiger partial charge on any atom is -0.493 e. The zero-order valence-corrected chi connectivity index (χ0v) is 29.7. The number of ether oxygens (including phenoxy) is 4. The minimum absolute atomic E-state index is 0.0202. The molecule has 1 aromatic heterocycles. The summed E-state index contributed by atoms with van der Waals surface area (Å²) in [5, 5.41) is 6.72. The number of nitrogens with zero attached hydrogens (tertiary/aromatic N) is 2. The first kappa shape index (κ1) is 35.3. The largest absolute Gasteiger partial charge is 0.493 e. The molecule has 5 aromatic rings. The molecule has 0 aliphatic carbocycles. The third-order valence-corrected chi connectivity index (χ3v) is 9.17. The Bertz CT molecular complexity index is 2080. The number of amides is 2. The molecule has 10 nitrogen and oxygen atoms in total. The van der Waals surface area contributed by atoms with Crippen LogP contribution < -0.4 is 20.1 Å². The summed E-state index contributed by atoms with van der Waals surface area (Å²) in [6.07, 6.45) is 1.85. The molecule has 1 aliphatic heterocycles. The number of hydrogen-bond acceptors (Lipinski definition) is 8. The summed E-state index contributed by atoms with van der Waals surface area (Å²) in [5.41, 5.74) is 6.47. The molecule has 4 aromatic carbocycles. The van der Waals surface area contributed by atoms with Crippen molar-refractivity contribution in [1.29, 1.82) is 0 Å². The molecule has 0 atom stereocenters. The highest BCUT2D eigenvalue weighted by atomic mass is 35.5. The lowest BCUT2D eigenvalue weighted by atomic mass is 9.98. The average Bonchev–Trinajstić information content (AvgIpc) is 3.16. The van der Waals surface area contributed by atoms with Crippen LogP contribution in [0.5, 0.6) is 11.5 Å². The average molecular weight is 707 g/mol. The van der Waals surface area contributed by atoms with E-state index in [1.54, 1.807) is 44.6 Å². The van der Waals surface area contributed by atoms with Gasteiger partial charge in [-0.05, 0) is 90.2 Å². The normalized spacial score (nSPS) is 12.4. The van der Waals surface area contributed by atoms with Gasteiger partial charge in [-0.3, -0.25) is 14.5 Å². The summed E-state index contributed by atoms with van der Waals surface area (Å²) in [6, 6.07) is 27.9. The molecule has 0 spiro atoms. The number of carbonyl (C=O) groups excluding carboxylic acids is 2. The third-order valence-electron chi connectivity index (χ3n) is 8.88. The highest BCUT2D eigenvalue weighted by Gasteiger charge is 2.24. The summed E-state index contributed by atoms with van der Waals surface area (Å²) in [6.45, 7) is 2.76. The van der Waals surface area contributed by atoms with Crippen LogP contribution in [0.2, 0.25) is 5.15 Å². The van der Waals surface area contributed by atoms with E-state index in [0.717, 1.165) is 49.4 Å². The summed E-state index contributed by atoms with van der Waals surface area (Å²) in [7, 11) is 6.13. The first-order valence-electron chi connectivity index (χ1n) is 16.5. The van der Waals surface area contributed by atoms with Gasteiger partial charge in [-0.25, -0.2) is 4.98 Å². The van der Waals surface area contributed by atoms with Crippen molar-refractivity contribution in [2.45, 2.75) is 19.4 Å². The molecule has 6 rings (SSSR count). The second-order valence-electron chi connectivity index (χ2n) is 12.0. The Labute approximate surface area is 301 Å². The number of hydrogen-bond donors (Lipinski definition) is 2. The van der Waals surface area contributed by atoms with Crippen LogP contribution in [0.1, 0.15) is 32.6 Å². The lowest BCUT2D eigenvalue weighted by Crippen LogP contribution is -2.32. The van der Waals surface area contributed by atoms with Crippen LogP contribution in [0.4, 0.5) is 11.4 Å². The van der Waals surface area contributed by atoms with E-state index in [4.69, 9.17) is 30.5 Å². The van der Waals surface area contributed by atoms with E-state index >= 15 is 0 Å². The van der Waals surface area contributed by atoms with Gasteiger partial charge in [0.25, 0.3) is 17.8 Å². The molecule has 2 N–H and O–H groups in total. The van der Waals surface area contributed by atoms with E-state index in [9.17, 15) is 9.59 Å². The van der Waals surface area contributed by atoms with E-state index < -0.39 is 5.91 Å². The number of benzene rings is 4. The Morgan fingerprint density at radius 3 is 2.14 bits per heavy atom. The van der Waals surface area contributed by atoms with E-state index in [-0.39, 0.29) is 22.6 Å². The molecule has 11 heteroatoms. The highest BCUT2D eigenvalue weighted by Crippen LogP contribution is 2.34. The molecule has 0 saturated heterocycles. The summed E-state index contributed by atoms with van der Waals surface area (Å²) < 4.78 is 21.7. The number of rotatable bonds is 12. The van der Waals surface area contributed by atoms with Crippen molar-refractivity contribution in [1.82, 2.24) is 9.88 Å². The number of nitrogens with one attached hydrogen (secondary N) is 2. The van der Waals surface area contributed by atoms with Crippen LogP contribution >= 0.6 is 11.6 Å². The number of methoxy groups -OCH3 is 4. The quantitative estimate of drug-likeness (QED) is 0.0787. The Balaban J connectivity index is 1.05. The fourth-order valence-corrected chi connectivity index (χ4v) is 6.40. The van der Waals surface area contributed by atoms with Crippen molar-refractivity contribution in [3.8, 4) is 11.5 Å². The van der Waals surface area contributed by atoms with E-state index in [1.807, 2.05) is 48.5 Å². The number of carbonyl (C=O) groups is 2. The predicted octanol–water partition coefficient (Wildman–Crippen LogP) is 7.36. The second kappa shape index (κ2) is 16.0. The van der Waals surface area contributed by atoms with Gasteiger partial charge in [-0.2, -0.15) is 0 Å². The second-order valence-corrected chi connectivity index (χ2v) is 12.4. The molecule has 51 heavy (non-hydrogen) atoms. The first-order valence-corrected chi connectivity index (χ1v) is 16.8. The fraction of sp³-hybridized carbons (Fsp3) is 0.225. The molecule has 1 aliphatic rings. The number of para-hydroxylation sites is 1. The molecular formula is C40H39ClN4O6. The van der Waals surface area contributed by atoms with Gasteiger partial charge in [0, 0.05) is 47.5 Å². The summed E-state index contributed by atoms with van der Waals surface area (Å²) >= 11 is 6.52. The zero-order chi connectivity index (χ0) is 35.9. The van der Waals surface area contributed by atoms with Gasteiger partial charge >= 0.3 is 0 Å². The number of halogens is 1. The summed E-state index contributed by atoms with van der Waals surface area (Å²) in [4.78, 5) is 33.5. The van der Waals surface area contributed by atoms with Crippen molar-refractivity contribution in [3.63, 3.8) is 0 Å². The van der Waals surface area contributed by atoms with Gasteiger partial charge < -0.3 is 29.6 Å². The number of aromatic nitrogens is 1. The third kappa shape index (κ3) is 8.09. The smallest absolute Gasteiger partial charge is 0.292 e. The van der Waals surface area contributed by atoms with E-state index in [0.29, 0.717) is 28.0 Å². The van der Waals surface area contributed by atoms with E-state index in [2.05, 4.69) is 32.7 Å². The maximum atomic E-state index is 13.6. The highest BCUT2D eigenvalue weighted by molar-refractivity contribution is 6.35. The molecule has 2 heterocycles. The van der Waals surface area contributed by atoms with Crippen molar-refractivity contribution in [2.75, 3.05) is 52.2 Å².